The van der Waals surface area contributed by atoms with E-state index in [-0.39, 0.29) is 5.91 Å². The summed E-state index contributed by atoms with van der Waals surface area (Å²) < 4.78 is 5.43. The topological polar surface area (TPSA) is 73.8 Å². The zero-order valence-corrected chi connectivity index (χ0v) is 17.6. The zero-order chi connectivity index (χ0) is 20.1. The van der Waals surface area contributed by atoms with Crippen molar-refractivity contribution < 1.29 is 9.53 Å². The number of hydrogen-bond donors (Lipinski definition) is 1. The molecule has 0 bridgehead atoms. The molecule has 3 aliphatic rings. The van der Waals surface area contributed by atoms with Crippen molar-refractivity contribution in [2.75, 3.05) is 68.8 Å². The van der Waals surface area contributed by atoms with Gasteiger partial charge in [-0.05, 0) is 31.6 Å². The molecule has 0 spiro atoms. The van der Waals surface area contributed by atoms with E-state index in [9.17, 15) is 4.79 Å². The lowest BCUT2D eigenvalue weighted by Gasteiger charge is -2.36. The number of anilines is 2. The number of morpholine rings is 1. The third kappa shape index (κ3) is 5.57. The summed E-state index contributed by atoms with van der Waals surface area (Å²) in [6, 6.07) is 2.46. The Bertz CT molecular complexity index is 665. The lowest BCUT2D eigenvalue weighted by Crippen LogP contribution is -2.51. The Balaban J connectivity index is 1.23. The summed E-state index contributed by atoms with van der Waals surface area (Å²) in [5, 5.41) is 3.24. The number of rotatable bonds is 5. The van der Waals surface area contributed by atoms with Crippen LogP contribution in [0.4, 0.5) is 11.6 Å². The summed E-state index contributed by atoms with van der Waals surface area (Å²) in [6.07, 6.45) is 6.37. The van der Waals surface area contributed by atoms with E-state index in [0.29, 0.717) is 12.6 Å². The summed E-state index contributed by atoms with van der Waals surface area (Å²) in [6.45, 7) is 9.58. The molecule has 1 N–H and O–H groups in total. The van der Waals surface area contributed by atoms with Gasteiger partial charge < -0.3 is 19.9 Å². The Morgan fingerprint density at radius 1 is 1.00 bits per heavy atom. The molecule has 1 saturated carbocycles. The highest BCUT2D eigenvalue weighted by Gasteiger charge is 2.24. The third-order valence-electron chi connectivity index (χ3n) is 6.42. The number of carbonyl (C=O) groups excluding carboxylic acids is 1. The molecule has 160 valence electrons. The normalized spacial score (nSPS) is 26.4. The number of hydrogen-bond acceptors (Lipinski definition) is 7. The van der Waals surface area contributed by atoms with Crippen molar-refractivity contribution in [1.82, 2.24) is 20.2 Å². The van der Waals surface area contributed by atoms with Gasteiger partial charge in [-0.2, -0.15) is 0 Å². The molecule has 1 aromatic rings. The maximum absolute atomic E-state index is 12.4. The number of ether oxygens (including phenoxy) is 1. The minimum atomic E-state index is 0.176. The molecule has 3 heterocycles. The average Bonchev–Trinajstić information content (AvgIpc) is 2.77. The van der Waals surface area contributed by atoms with Crippen LogP contribution in [-0.2, 0) is 9.53 Å². The van der Waals surface area contributed by atoms with E-state index in [0.717, 1.165) is 82.9 Å². The molecule has 0 aromatic carbocycles. The van der Waals surface area contributed by atoms with Crippen LogP contribution >= 0.6 is 0 Å². The lowest BCUT2D eigenvalue weighted by atomic mass is 9.87. The molecule has 2 aliphatic heterocycles. The van der Waals surface area contributed by atoms with Gasteiger partial charge in [-0.15, -0.1) is 0 Å². The summed E-state index contributed by atoms with van der Waals surface area (Å²) >= 11 is 0. The molecule has 1 aromatic heterocycles. The number of aromatic nitrogens is 2. The van der Waals surface area contributed by atoms with Gasteiger partial charge in [-0.1, -0.05) is 6.92 Å². The van der Waals surface area contributed by atoms with Crippen molar-refractivity contribution in [2.45, 2.75) is 38.6 Å². The minimum Gasteiger partial charge on any atom is -0.378 e. The van der Waals surface area contributed by atoms with Gasteiger partial charge in [0.2, 0.25) is 5.91 Å². The summed E-state index contributed by atoms with van der Waals surface area (Å²) in [7, 11) is 0. The van der Waals surface area contributed by atoms with Crippen LogP contribution in [0.5, 0.6) is 0 Å². The Hall–Kier alpha value is -1.93. The highest BCUT2D eigenvalue weighted by molar-refractivity contribution is 5.78. The van der Waals surface area contributed by atoms with Gasteiger partial charge in [-0.25, -0.2) is 9.97 Å². The van der Waals surface area contributed by atoms with E-state index in [1.807, 2.05) is 0 Å². The number of nitrogens with one attached hydrogen (secondary N) is 1. The molecular weight excluding hydrogens is 368 g/mol. The van der Waals surface area contributed by atoms with Crippen LogP contribution in [0.3, 0.4) is 0 Å². The molecule has 2 saturated heterocycles. The molecular formula is C21H34N6O2. The lowest BCUT2D eigenvalue weighted by molar-refractivity contribution is -0.123. The molecule has 0 atom stereocenters. The van der Waals surface area contributed by atoms with Crippen LogP contribution in [-0.4, -0.2) is 85.8 Å². The number of piperazine rings is 1. The van der Waals surface area contributed by atoms with Crippen LogP contribution in [0.2, 0.25) is 0 Å². The van der Waals surface area contributed by atoms with E-state index in [1.54, 1.807) is 6.33 Å². The number of amides is 1. The maximum atomic E-state index is 12.4. The van der Waals surface area contributed by atoms with Gasteiger partial charge in [0.25, 0.3) is 0 Å². The predicted octanol–water partition coefficient (Wildman–Crippen LogP) is 1.13. The molecule has 1 aliphatic carbocycles. The standard InChI is InChI=1S/C21H34N6O2/c1-17-2-4-18(5-3-17)24-21(28)15-25-6-8-26(9-7-25)19-14-20(23-16-22-19)27-10-12-29-13-11-27/h14,16-18H,2-13,15H2,1H3,(H,24,28). The van der Waals surface area contributed by atoms with Gasteiger partial charge in [0.1, 0.15) is 18.0 Å². The van der Waals surface area contributed by atoms with Crippen molar-refractivity contribution in [3.8, 4) is 0 Å². The second-order valence-electron chi connectivity index (χ2n) is 8.62. The van der Waals surface area contributed by atoms with Gasteiger partial charge in [0.05, 0.1) is 19.8 Å². The Kier molecular flexibility index (Phi) is 6.82. The van der Waals surface area contributed by atoms with Gasteiger partial charge >= 0.3 is 0 Å². The first kappa shape index (κ1) is 20.3. The molecule has 8 heteroatoms. The first-order valence-corrected chi connectivity index (χ1v) is 11.1. The molecule has 29 heavy (non-hydrogen) atoms. The highest BCUT2D eigenvalue weighted by atomic mass is 16.5. The minimum absolute atomic E-state index is 0.176. The fourth-order valence-corrected chi connectivity index (χ4v) is 4.49. The molecule has 0 unspecified atom stereocenters. The molecule has 3 fully saturated rings. The van der Waals surface area contributed by atoms with Crippen LogP contribution in [0.1, 0.15) is 32.6 Å². The Labute approximate surface area is 173 Å². The van der Waals surface area contributed by atoms with E-state index >= 15 is 0 Å². The van der Waals surface area contributed by atoms with Gasteiger partial charge in [-0.3, -0.25) is 9.69 Å². The van der Waals surface area contributed by atoms with E-state index in [4.69, 9.17) is 4.74 Å². The van der Waals surface area contributed by atoms with Crippen molar-refractivity contribution >= 4 is 17.5 Å². The second kappa shape index (κ2) is 9.71. The number of carbonyl (C=O) groups is 1. The van der Waals surface area contributed by atoms with E-state index in [1.165, 1.54) is 12.8 Å². The monoisotopic (exact) mass is 402 g/mol. The van der Waals surface area contributed by atoms with Crippen LogP contribution in [0.15, 0.2) is 12.4 Å². The fraction of sp³-hybridized carbons (Fsp3) is 0.762. The fourth-order valence-electron chi connectivity index (χ4n) is 4.49. The predicted molar refractivity (Wildman–Crippen MR) is 113 cm³/mol. The van der Waals surface area contributed by atoms with E-state index in [2.05, 4.69) is 43.0 Å². The van der Waals surface area contributed by atoms with Gasteiger partial charge in [0.15, 0.2) is 0 Å². The zero-order valence-electron chi connectivity index (χ0n) is 17.6. The van der Waals surface area contributed by atoms with Crippen molar-refractivity contribution in [3.05, 3.63) is 12.4 Å². The highest BCUT2D eigenvalue weighted by Crippen LogP contribution is 2.23. The average molecular weight is 403 g/mol. The molecule has 0 radical (unpaired) electrons. The van der Waals surface area contributed by atoms with Crippen LogP contribution < -0.4 is 15.1 Å². The molecule has 8 nitrogen and oxygen atoms in total. The molecule has 1 amide bonds. The Morgan fingerprint density at radius 3 is 2.28 bits per heavy atom. The third-order valence-corrected chi connectivity index (χ3v) is 6.42. The quantitative estimate of drug-likeness (QED) is 0.791. The van der Waals surface area contributed by atoms with Crippen LogP contribution in [0.25, 0.3) is 0 Å². The first-order chi connectivity index (χ1) is 14.2. The van der Waals surface area contributed by atoms with Crippen molar-refractivity contribution in [2.24, 2.45) is 5.92 Å². The van der Waals surface area contributed by atoms with E-state index < -0.39 is 0 Å². The van der Waals surface area contributed by atoms with Crippen molar-refractivity contribution in [1.29, 1.82) is 0 Å². The maximum Gasteiger partial charge on any atom is 0.234 e. The van der Waals surface area contributed by atoms with Gasteiger partial charge in [0, 0.05) is 51.4 Å². The Morgan fingerprint density at radius 2 is 1.62 bits per heavy atom. The number of nitrogens with zero attached hydrogens (tertiary/aromatic N) is 5. The SMILES string of the molecule is CC1CCC(NC(=O)CN2CCN(c3cc(N4CCOCC4)ncn3)CC2)CC1. The largest absolute Gasteiger partial charge is 0.378 e. The summed E-state index contributed by atoms with van der Waals surface area (Å²) in [5.41, 5.74) is 0. The second-order valence-corrected chi connectivity index (χ2v) is 8.62. The van der Waals surface area contributed by atoms with Crippen molar-refractivity contribution in [3.63, 3.8) is 0 Å². The first-order valence-electron chi connectivity index (χ1n) is 11.1. The molecule has 4 rings (SSSR count). The summed E-state index contributed by atoms with van der Waals surface area (Å²) in [4.78, 5) is 28.2. The smallest absolute Gasteiger partial charge is 0.234 e. The summed E-state index contributed by atoms with van der Waals surface area (Å²) in [5.74, 6) is 2.93. The van der Waals surface area contributed by atoms with Crippen LogP contribution in [0, 0.1) is 5.92 Å².